The highest BCUT2D eigenvalue weighted by Crippen LogP contribution is 2.22. The number of carbonyl (C=O) groups excluding carboxylic acids is 1. The van der Waals surface area contributed by atoms with Gasteiger partial charge in [-0.25, -0.2) is 0 Å². The maximum absolute atomic E-state index is 9.86. The molecule has 0 aromatic rings. The second-order valence-electron chi connectivity index (χ2n) is 1.11. The van der Waals surface area contributed by atoms with E-state index in [9.17, 15) is 4.79 Å². The second-order valence-corrected chi connectivity index (χ2v) is 3.03. The number of halogens is 4. The summed E-state index contributed by atoms with van der Waals surface area (Å²) in [7, 11) is 0. The van der Waals surface area contributed by atoms with Crippen LogP contribution in [0.3, 0.4) is 0 Å². The first-order valence-corrected chi connectivity index (χ1v) is 3.51. The summed E-state index contributed by atoms with van der Waals surface area (Å²) < 4.78 is 0. The first kappa shape index (κ1) is 9.57. The standard InChI is InChI=1S/C4H2Cl4O/c5-2(1-9)3(6)4(7)8/h1,4H/b3-2+. The van der Waals surface area contributed by atoms with Gasteiger partial charge in [0, 0.05) is 0 Å². The summed E-state index contributed by atoms with van der Waals surface area (Å²) in [4.78, 5) is 8.93. The van der Waals surface area contributed by atoms with Crippen molar-refractivity contribution in [3.8, 4) is 0 Å². The molecule has 0 unspecified atom stereocenters. The Kier molecular flexibility index (Phi) is 4.67. The number of carbonyl (C=O) groups is 1. The number of alkyl halides is 2. The zero-order valence-corrected chi connectivity index (χ0v) is 7.10. The molecule has 0 amide bonds. The average molecular weight is 208 g/mol. The molecule has 5 heteroatoms. The number of hydrogen-bond donors (Lipinski definition) is 0. The first-order valence-electron chi connectivity index (χ1n) is 1.88. The topological polar surface area (TPSA) is 17.1 Å². The second kappa shape index (κ2) is 4.40. The summed E-state index contributed by atoms with van der Waals surface area (Å²) in [6.07, 6.45) is 0.377. The molecule has 0 bridgehead atoms. The lowest BCUT2D eigenvalue weighted by molar-refractivity contribution is -0.104. The monoisotopic (exact) mass is 206 g/mol. The van der Waals surface area contributed by atoms with Crippen molar-refractivity contribution in [2.24, 2.45) is 0 Å². The highest BCUT2D eigenvalue weighted by molar-refractivity contribution is 6.55. The van der Waals surface area contributed by atoms with E-state index in [0.717, 1.165) is 0 Å². The summed E-state index contributed by atoms with van der Waals surface area (Å²) in [5.41, 5.74) is 0. The average Bonchev–Trinajstić information content (AvgIpc) is 1.84. The summed E-state index contributed by atoms with van der Waals surface area (Å²) in [5, 5.41) is -0.207. The molecule has 0 aromatic heterocycles. The van der Waals surface area contributed by atoms with E-state index in [1.165, 1.54) is 0 Å². The van der Waals surface area contributed by atoms with Crippen molar-refractivity contribution >= 4 is 52.7 Å². The molecule has 0 atom stereocenters. The van der Waals surface area contributed by atoms with E-state index in [4.69, 9.17) is 46.4 Å². The quantitative estimate of drug-likeness (QED) is 0.387. The summed E-state index contributed by atoms with van der Waals surface area (Å²) in [5.74, 6) is 0. The van der Waals surface area contributed by atoms with Crippen LogP contribution in [-0.2, 0) is 4.79 Å². The third-order valence-corrected chi connectivity index (χ3v) is 1.99. The van der Waals surface area contributed by atoms with Crippen LogP contribution in [0.15, 0.2) is 10.1 Å². The molecule has 0 radical (unpaired) electrons. The van der Waals surface area contributed by atoms with Gasteiger partial charge in [0.15, 0.2) is 6.29 Å². The highest BCUT2D eigenvalue weighted by atomic mass is 35.5. The minimum Gasteiger partial charge on any atom is -0.297 e. The minimum atomic E-state index is -0.927. The molecule has 0 aliphatic rings. The van der Waals surface area contributed by atoms with Crippen molar-refractivity contribution in [1.29, 1.82) is 0 Å². The normalized spacial score (nSPS) is 13.4. The molecule has 0 aromatic carbocycles. The first-order chi connectivity index (χ1) is 4.09. The highest BCUT2D eigenvalue weighted by Gasteiger charge is 2.08. The van der Waals surface area contributed by atoms with Crippen LogP contribution in [0.1, 0.15) is 0 Å². The molecular weight excluding hydrogens is 206 g/mol. The van der Waals surface area contributed by atoms with Crippen molar-refractivity contribution in [2.45, 2.75) is 4.84 Å². The molecule has 0 aliphatic heterocycles. The van der Waals surface area contributed by atoms with Crippen LogP contribution >= 0.6 is 46.4 Å². The number of hydrogen-bond acceptors (Lipinski definition) is 1. The van der Waals surface area contributed by atoms with E-state index in [1.54, 1.807) is 0 Å². The zero-order chi connectivity index (χ0) is 7.44. The fourth-order valence-electron chi connectivity index (χ4n) is 0.161. The lowest BCUT2D eigenvalue weighted by Crippen LogP contribution is -1.89. The molecule has 9 heavy (non-hydrogen) atoms. The van der Waals surface area contributed by atoms with Crippen LogP contribution < -0.4 is 0 Å². The Balaban J connectivity index is 4.27. The Morgan fingerprint density at radius 2 is 1.78 bits per heavy atom. The molecular formula is C4H2Cl4O. The molecule has 0 aliphatic carbocycles. The van der Waals surface area contributed by atoms with Gasteiger partial charge in [-0.15, -0.1) is 0 Å². The smallest absolute Gasteiger partial charge is 0.162 e. The Bertz CT molecular complexity index is 140. The van der Waals surface area contributed by atoms with Gasteiger partial charge in [0.1, 0.15) is 4.84 Å². The van der Waals surface area contributed by atoms with Gasteiger partial charge >= 0.3 is 0 Å². The summed E-state index contributed by atoms with van der Waals surface area (Å²) in [6, 6.07) is 0. The van der Waals surface area contributed by atoms with Gasteiger partial charge in [-0.3, -0.25) is 4.79 Å². The van der Waals surface area contributed by atoms with Gasteiger partial charge in [-0.2, -0.15) is 0 Å². The largest absolute Gasteiger partial charge is 0.297 e. The van der Waals surface area contributed by atoms with E-state index in [0.29, 0.717) is 6.29 Å². The third kappa shape index (κ3) is 3.31. The molecule has 0 fully saturated rings. The van der Waals surface area contributed by atoms with Gasteiger partial charge in [0.2, 0.25) is 0 Å². The van der Waals surface area contributed by atoms with Crippen LogP contribution in [0.5, 0.6) is 0 Å². The molecule has 0 spiro atoms. The Hall–Kier alpha value is 0.570. The SMILES string of the molecule is O=C/C(Cl)=C(\Cl)C(Cl)Cl. The molecule has 0 saturated carbocycles. The van der Waals surface area contributed by atoms with Crippen LogP contribution in [0.2, 0.25) is 0 Å². The van der Waals surface area contributed by atoms with Crippen LogP contribution in [-0.4, -0.2) is 11.1 Å². The third-order valence-electron chi connectivity index (χ3n) is 0.523. The van der Waals surface area contributed by atoms with Crippen LogP contribution in [0, 0.1) is 0 Å². The van der Waals surface area contributed by atoms with Crippen molar-refractivity contribution in [3.05, 3.63) is 10.1 Å². The predicted octanol–water partition coefficient (Wildman–Crippen LogP) is 2.68. The van der Waals surface area contributed by atoms with E-state index < -0.39 is 4.84 Å². The van der Waals surface area contributed by atoms with Gasteiger partial charge in [0.25, 0.3) is 0 Å². The maximum atomic E-state index is 9.86. The van der Waals surface area contributed by atoms with Gasteiger partial charge in [-0.05, 0) is 0 Å². The van der Waals surface area contributed by atoms with Gasteiger partial charge in [0.05, 0.1) is 10.1 Å². The van der Waals surface area contributed by atoms with E-state index in [-0.39, 0.29) is 10.1 Å². The predicted molar refractivity (Wildman–Crippen MR) is 40.3 cm³/mol. The Labute approximate surface area is 72.5 Å². The summed E-state index contributed by atoms with van der Waals surface area (Å²) in [6.45, 7) is 0. The molecule has 0 rings (SSSR count). The summed E-state index contributed by atoms with van der Waals surface area (Å²) >= 11 is 21.0. The molecule has 52 valence electrons. The van der Waals surface area contributed by atoms with E-state index in [1.807, 2.05) is 0 Å². The van der Waals surface area contributed by atoms with Crippen molar-refractivity contribution in [1.82, 2.24) is 0 Å². The minimum absolute atomic E-state index is 0.0463. The van der Waals surface area contributed by atoms with Crippen molar-refractivity contribution in [3.63, 3.8) is 0 Å². The maximum Gasteiger partial charge on any atom is 0.162 e. The van der Waals surface area contributed by atoms with Crippen molar-refractivity contribution < 1.29 is 4.79 Å². The molecule has 0 saturated heterocycles. The Morgan fingerprint density at radius 3 is 1.89 bits per heavy atom. The fourth-order valence-corrected chi connectivity index (χ4v) is 0.661. The number of aldehydes is 1. The zero-order valence-electron chi connectivity index (χ0n) is 4.07. The lowest BCUT2D eigenvalue weighted by atomic mass is 10.5. The van der Waals surface area contributed by atoms with Gasteiger partial charge in [-0.1, -0.05) is 46.4 Å². The Morgan fingerprint density at radius 1 is 1.33 bits per heavy atom. The fraction of sp³-hybridized carbons (Fsp3) is 0.250. The van der Waals surface area contributed by atoms with Crippen LogP contribution in [0.4, 0.5) is 0 Å². The molecule has 0 heterocycles. The number of allylic oxidation sites excluding steroid dienone is 2. The van der Waals surface area contributed by atoms with E-state index in [2.05, 4.69) is 0 Å². The van der Waals surface area contributed by atoms with Gasteiger partial charge < -0.3 is 0 Å². The molecule has 0 N–H and O–H groups in total. The number of rotatable bonds is 2. The van der Waals surface area contributed by atoms with E-state index >= 15 is 0 Å². The van der Waals surface area contributed by atoms with Crippen LogP contribution in [0.25, 0.3) is 0 Å². The molecule has 1 nitrogen and oxygen atoms in total. The van der Waals surface area contributed by atoms with Crippen molar-refractivity contribution in [2.75, 3.05) is 0 Å². The lowest BCUT2D eigenvalue weighted by Gasteiger charge is -1.95.